The molecule has 0 amide bonds. The Hall–Kier alpha value is -1.06. The summed E-state index contributed by atoms with van der Waals surface area (Å²) in [5.41, 5.74) is 0.362. The Kier molecular flexibility index (Phi) is 6.03. The number of hydrogen-bond acceptors (Lipinski definition) is 3. The molecule has 116 valence electrons. The summed E-state index contributed by atoms with van der Waals surface area (Å²) in [7, 11) is 0. The van der Waals surface area contributed by atoms with E-state index in [4.69, 9.17) is 9.84 Å². The molecule has 1 fully saturated rings. The lowest BCUT2D eigenvalue weighted by Gasteiger charge is -2.40. The zero-order valence-electron chi connectivity index (χ0n) is 13.1. The van der Waals surface area contributed by atoms with Crippen LogP contribution in [0.1, 0.15) is 66.2 Å². The normalized spacial score (nSPS) is 24.7. The average Bonchev–Trinajstić information content (AvgIpc) is 2.33. The predicted octanol–water partition coefficient (Wildman–Crippen LogP) is 3.64. The molecule has 1 rings (SSSR count). The molecule has 0 aliphatic heterocycles. The lowest BCUT2D eigenvalue weighted by atomic mass is 9.67. The molecule has 4 nitrogen and oxygen atoms in total. The van der Waals surface area contributed by atoms with Crippen molar-refractivity contribution < 1.29 is 19.4 Å². The van der Waals surface area contributed by atoms with Crippen LogP contribution in [0, 0.1) is 17.3 Å². The molecule has 1 aliphatic carbocycles. The van der Waals surface area contributed by atoms with Gasteiger partial charge in [-0.25, -0.2) is 0 Å². The van der Waals surface area contributed by atoms with Crippen molar-refractivity contribution in [3.8, 4) is 0 Å². The van der Waals surface area contributed by atoms with Crippen LogP contribution in [0.5, 0.6) is 0 Å². The van der Waals surface area contributed by atoms with E-state index >= 15 is 0 Å². The Bertz CT molecular complexity index is 348. The van der Waals surface area contributed by atoms with Crippen molar-refractivity contribution in [2.24, 2.45) is 17.3 Å². The van der Waals surface area contributed by atoms with Gasteiger partial charge >= 0.3 is 11.9 Å². The van der Waals surface area contributed by atoms with Gasteiger partial charge in [0.15, 0.2) is 0 Å². The quantitative estimate of drug-likeness (QED) is 0.597. The highest BCUT2D eigenvalue weighted by molar-refractivity contribution is 5.90. The molecule has 1 aliphatic rings. The van der Waals surface area contributed by atoms with Crippen molar-refractivity contribution in [2.45, 2.75) is 72.3 Å². The SMILES string of the molecule is CCC(OC(=O)CC(=O)O)C(C)C1CCCC(C)(C)C1. The van der Waals surface area contributed by atoms with Crippen LogP contribution in [0.15, 0.2) is 0 Å². The summed E-state index contributed by atoms with van der Waals surface area (Å²) < 4.78 is 5.37. The monoisotopic (exact) mass is 284 g/mol. The minimum atomic E-state index is -1.13. The van der Waals surface area contributed by atoms with E-state index < -0.39 is 18.4 Å². The second-order valence-corrected chi connectivity index (χ2v) is 6.89. The molecular formula is C16H28O4. The molecule has 0 aromatic heterocycles. The molecule has 0 aromatic carbocycles. The van der Waals surface area contributed by atoms with Crippen molar-refractivity contribution in [3.63, 3.8) is 0 Å². The molecule has 0 radical (unpaired) electrons. The van der Waals surface area contributed by atoms with E-state index in [-0.39, 0.29) is 12.0 Å². The van der Waals surface area contributed by atoms with Crippen LogP contribution >= 0.6 is 0 Å². The van der Waals surface area contributed by atoms with E-state index in [1.807, 2.05) is 6.92 Å². The van der Waals surface area contributed by atoms with Crippen LogP contribution in [-0.2, 0) is 14.3 Å². The number of rotatable bonds is 6. The maximum atomic E-state index is 11.5. The van der Waals surface area contributed by atoms with Gasteiger partial charge in [0.25, 0.3) is 0 Å². The first-order chi connectivity index (χ1) is 9.25. The topological polar surface area (TPSA) is 63.6 Å². The van der Waals surface area contributed by atoms with E-state index in [0.29, 0.717) is 11.3 Å². The molecule has 4 heteroatoms. The number of carbonyl (C=O) groups excluding carboxylic acids is 1. The Balaban J connectivity index is 2.59. The maximum Gasteiger partial charge on any atom is 0.317 e. The van der Waals surface area contributed by atoms with Crippen LogP contribution < -0.4 is 0 Å². The zero-order valence-corrected chi connectivity index (χ0v) is 13.1. The molecule has 3 unspecified atom stereocenters. The number of ether oxygens (including phenoxy) is 1. The Labute approximate surface area is 121 Å². The minimum absolute atomic E-state index is 0.166. The third-order valence-corrected chi connectivity index (χ3v) is 4.55. The highest BCUT2D eigenvalue weighted by Gasteiger charge is 2.34. The fraction of sp³-hybridized carbons (Fsp3) is 0.875. The summed E-state index contributed by atoms with van der Waals surface area (Å²) in [6, 6.07) is 0. The van der Waals surface area contributed by atoms with Crippen LogP contribution in [0.25, 0.3) is 0 Å². The minimum Gasteiger partial charge on any atom is -0.481 e. The molecule has 1 saturated carbocycles. The van der Waals surface area contributed by atoms with E-state index in [9.17, 15) is 9.59 Å². The third kappa shape index (κ3) is 5.14. The highest BCUT2D eigenvalue weighted by Crippen LogP contribution is 2.43. The van der Waals surface area contributed by atoms with Gasteiger partial charge in [-0.15, -0.1) is 0 Å². The summed E-state index contributed by atoms with van der Waals surface area (Å²) in [6.45, 7) is 8.71. The summed E-state index contributed by atoms with van der Waals surface area (Å²) in [6.07, 6.45) is 4.84. The Morgan fingerprint density at radius 3 is 2.55 bits per heavy atom. The smallest absolute Gasteiger partial charge is 0.317 e. The third-order valence-electron chi connectivity index (χ3n) is 4.55. The Morgan fingerprint density at radius 1 is 1.40 bits per heavy atom. The number of carbonyl (C=O) groups is 2. The number of esters is 1. The zero-order chi connectivity index (χ0) is 15.3. The van der Waals surface area contributed by atoms with Gasteiger partial charge in [-0.05, 0) is 36.5 Å². The van der Waals surface area contributed by atoms with Crippen LogP contribution in [0.3, 0.4) is 0 Å². The number of aliphatic carboxylic acids is 1. The molecule has 0 heterocycles. The van der Waals surface area contributed by atoms with E-state index in [1.165, 1.54) is 19.3 Å². The van der Waals surface area contributed by atoms with Crippen LogP contribution in [-0.4, -0.2) is 23.1 Å². The molecule has 1 N–H and O–H groups in total. The first-order valence-electron chi connectivity index (χ1n) is 7.66. The van der Waals surface area contributed by atoms with Crippen molar-refractivity contribution >= 4 is 11.9 Å². The predicted molar refractivity (Wildman–Crippen MR) is 77.3 cm³/mol. The van der Waals surface area contributed by atoms with E-state index in [2.05, 4.69) is 20.8 Å². The van der Waals surface area contributed by atoms with Gasteiger partial charge in [0.05, 0.1) is 0 Å². The lowest BCUT2D eigenvalue weighted by molar-refractivity contribution is -0.158. The van der Waals surface area contributed by atoms with Gasteiger partial charge in [0, 0.05) is 0 Å². The van der Waals surface area contributed by atoms with Gasteiger partial charge in [-0.2, -0.15) is 0 Å². The summed E-state index contributed by atoms with van der Waals surface area (Å²) in [5, 5.41) is 8.62. The highest BCUT2D eigenvalue weighted by atomic mass is 16.5. The van der Waals surface area contributed by atoms with Crippen molar-refractivity contribution in [1.82, 2.24) is 0 Å². The first-order valence-corrected chi connectivity index (χ1v) is 7.66. The van der Waals surface area contributed by atoms with Crippen LogP contribution in [0.2, 0.25) is 0 Å². The van der Waals surface area contributed by atoms with E-state index in [1.54, 1.807) is 0 Å². The number of carboxylic acids is 1. The number of hydrogen-bond donors (Lipinski definition) is 1. The molecule has 0 aromatic rings. The molecule has 0 spiro atoms. The standard InChI is InChI=1S/C16H28O4/c1-5-13(20-15(19)9-14(17)18)11(2)12-7-6-8-16(3,4)10-12/h11-13H,5-10H2,1-4H3,(H,17,18). The van der Waals surface area contributed by atoms with Gasteiger partial charge in [0.2, 0.25) is 0 Å². The van der Waals surface area contributed by atoms with Crippen molar-refractivity contribution in [3.05, 3.63) is 0 Å². The number of carboxylic acid groups (broad SMARTS) is 1. The molecule has 0 bridgehead atoms. The van der Waals surface area contributed by atoms with E-state index in [0.717, 1.165) is 12.8 Å². The van der Waals surface area contributed by atoms with Gasteiger partial charge in [-0.1, -0.05) is 40.5 Å². The molecule has 0 saturated heterocycles. The maximum absolute atomic E-state index is 11.5. The fourth-order valence-corrected chi connectivity index (χ4v) is 3.41. The van der Waals surface area contributed by atoms with Crippen molar-refractivity contribution in [1.29, 1.82) is 0 Å². The summed E-state index contributed by atoms with van der Waals surface area (Å²) in [5.74, 6) is -0.902. The molecular weight excluding hydrogens is 256 g/mol. The Morgan fingerprint density at radius 2 is 2.05 bits per heavy atom. The fourth-order valence-electron chi connectivity index (χ4n) is 3.41. The summed E-state index contributed by atoms with van der Waals surface area (Å²) >= 11 is 0. The van der Waals surface area contributed by atoms with Crippen LogP contribution in [0.4, 0.5) is 0 Å². The second-order valence-electron chi connectivity index (χ2n) is 6.89. The molecule has 20 heavy (non-hydrogen) atoms. The second kappa shape index (κ2) is 7.09. The van der Waals surface area contributed by atoms with Gasteiger partial charge in [0.1, 0.15) is 12.5 Å². The average molecular weight is 284 g/mol. The van der Waals surface area contributed by atoms with Crippen molar-refractivity contribution in [2.75, 3.05) is 0 Å². The largest absolute Gasteiger partial charge is 0.481 e. The van der Waals surface area contributed by atoms with Gasteiger partial charge < -0.3 is 9.84 Å². The van der Waals surface area contributed by atoms with Gasteiger partial charge in [-0.3, -0.25) is 9.59 Å². The lowest BCUT2D eigenvalue weighted by Crippen LogP contribution is -2.35. The summed E-state index contributed by atoms with van der Waals surface area (Å²) in [4.78, 5) is 22.1. The first kappa shape index (κ1) is 17.0. The molecule has 3 atom stereocenters.